The number of rotatable bonds is 7. The van der Waals surface area contributed by atoms with Crippen molar-refractivity contribution in [1.29, 1.82) is 0 Å². The molecule has 0 aromatic carbocycles. The highest BCUT2D eigenvalue weighted by molar-refractivity contribution is 6.36. The first-order valence-electron chi connectivity index (χ1n) is 8.22. The first-order chi connectivity index (χ1) is 10.8. The molecule has 22 heavy (non-hydrogen) atoms. The molecular weight excluding hydrogens is 286 g/mol. The lowest BCUT2D eigenvalue weighted by Gasteiger charge is -2.37. The highest BCUT2D eigenvalue weighted by Crippen LogP contribution is 2.17. The maximum absolute atomic E-state index is 11.8. The van der Waals surface area contributed by atoms with E-state index in [4.69, 9.17) is 14.3 Å². The third kappa shape index (κ3) is 4.66. The number of carbonyl (C=O) groups excluding carboxylic acids is 1. The molecule has 2 aliphatic heterocycles. The van der Waals surface area contributed by atoms with Gasteiger partial charge in [-0.05, 0) is 26.2 Å². The number of ether oxygens (including phenoxy) is 2. The highest BCUT2D eigenvalue weighted by atomic mass is 16.7. The highest BCUT2D eigenvalue weighted by Gasteiger charge is 2.31. The lowest BCUT2D eigenvalue weighted by atomic mass is 10.3. The van der Waals surface area contributed by atoms with E-state index in [-0.39, 0.29) is 6.35 Å². The van der Waals surface area contributed by atoms with E-state index in [0.717, 1.165) is 26.2 Å². The molecule has 0 aromatic rings. The van der Waals surface area contributed by atoms with Gasteiger partial charge in [-0.2, -0.15) is 0 Å². The van der Waals surface area contributed by atoms with Crippen LogP contribution in [0.4, 0.5) is 0 Å². The minimum absolute atomic E-state index is 0.220. The van der Waals surface area contributed by atoms with Crippen molar-refractivity contribution in [2.45, 2.75) is 39.5 Å². The molecule has 0 aliphatic carbocycles. The van der Waals surface area contributed by atoms with E-state index >= 15 is 0 Å². The van der Waals surface area contributed by atoms with Gasteiger partial charge < -0.3 is 14.3 Å². The molecule has 0 saturated carbocycles. The molecule has 2 heterocycles. The summed E-state index contributed by atoms with van der Waals surface area (Å²) in [6, 6.07) is 0. The van der Waals surface area contributed by atoms with Gasteiger partial charge in [0.15, 0.2) is 5.71 Å². The van der Waals surface area contributed by atoms with Crippen molar-refractivity contribution < 1.29 is 19.1 Å². The summed E-state index contributed by atoms with van der Waals surface area (Å²) in [4.78, 5) is 22.1. The zero-order valence-electron chi connectivity index (χ0n) is 13.6. The molecule has 0 aromatic heterocycles. The fraction of sp³-hybridized carbons (Fsp3) is 0.867. The maximum atomic E-state index is 11.8. The summed E-state index contributed by atoms with van der Waals surface area (Å²) in [5.41, 5.74) is 0.333. The van der Waals surface area contributed by atoms with Crippen molar-refractivity contribution >= 4 is 11.7 Å². The third-order valence-corrected chi connectivity index (χ3v) is 3.91. The summed E-state index contributed by atoms with van der Waals surface area (Å²) in [5.74, 6) is -0.396. The molecule has 2 saturated heterocycles. The Bertz CT molecular complexity index is 377. The topological polar surface area (TPSA) is 63.6 Å². The second-order valence-corrected chi connectivity index (χ2v) is 5.44. The second kappa shape index (κ2) is 9.07. The van der Waals surface area contributed by atoms with E-state index in [0.29, 0.717) is 32.0 Å². The average Bonchev–Trinajstić information content (AvgIpc) is 3.07. The number of nitrogens with zero attached hydrogens (tertiary/aromatic N) is 3. The van der Waals surface area contributed by atoms with Crippen LogP contribution in [-0.4, -0.2) is 73.8 Å². The predicted molar refractivity (Wildman–Crippen MR) is 82.4 cm³/mol. The number of esters is 1. The van der Waals surface area contributed by atoms with E-state index in [1.54, 1.807) is 6.92 Å². The molecule has 0 radical (unpaired) electrons. The lowest BCUT2D eigenvalue weighted by Crippen LogP contribution is -2.52. The van der Waals surface area contributed by atoms with Crippen molar-refractivity contribution in [1.82, 2.24) is 9.80 Å². The van der Waals surface area contributed by atoms with Gasteiger partial charge in [-0.25, -0.2) is 9.69 Å². The normalized spacial score (nSPS) is 22.5. The first kappa shape index (κ1) is 17.2. The fourth-order valence-electron chi connectivity index (χ4n) is 2.70. The van der Waals surface area contributed by atoms with Crippen LogP contribution >= 0.6 is 0 Å². The number of oxime groups is 1. The number of hydrogen-bond donors (Lipinski definition) is 0. The zero-order valence-corrected chi connectivity index (χ0v) is 13.6. The summed E-state index contributed by atoms with van der Waals surface area (Å²) in [6.07, 6.45) is 2.62. The molecule has 0 spiro atoms. The van der Waals surface area contributed by atoms with Crippen LogP contribution in [0.25, 0.3) is 0 Å². The Morgan fingerprint density at radius 2 is 1.77 bits per heavy atom. The van der Waals surface area contributed by atoms with Crippen LogP contribution in [0, 0.1) is 0 Å². The van der Waals surface area contributed by atoms with Crippen LogP contribution in [0.2, 0.25) is 0 Å². The lowest BCUT2D eigenvalue weighted by molar-refractivity contribution is -0.167. The average molecular weight is 313 g/mol. The van der Waals surface area contributed by atoms with Crippen LogP contribution in [0.3, 0.4) is 0 Å². The summed E-state index contributed by atoms with van der Waals surface area (Å²) < 4.78 is 10.4. The number of hydrogen-bond acceptors (Lipinski definition) is 7. The number of morpholine rings is 1. The molecule has 0 amide bonds. The minimum atomic E-state index is -0.396. The van der Waals surface area contributed by atoms with Crippen LogP contribution in [0.5, 0.6) is 0 Å². The SMILES string of the molecule is CCOC(=O)C(CC)=NOC(N1CCCC1)N1CCOCC1. The minimum Gasteiger partial charge on any atom is -0.461 e. The van der Waals surface area contributed by atoms with E-state index in [1.807, 2.05) is 6.92 Å². The van der Waals surface area contributed by atoms with Gasteiger partial charge in [-0.15, -0.1) is 0 Å². The van der Waals surface area contributed by atoms with Gasteiger partial charge in [0.1, 0.15) is 0 Å². The molecule has 0 bridgehead atoms. The molecule has 1 unspecified atom stereocenters. The van der Waals surface area contributed by atoms with Gasteiger partial charge in [-0.1, -0.05) is 12.1 Å². The molecule has 1 atom stereocenters. The molecule has 7 nitrogen and oxygen atoms in total. The largest absolute Gasteiger partial charge is 0.461 e. The Morgan fingerprint density at radius 3 is 2.36 bits per heavy atom. The smallest absolute Gasteiger partial charge is 0.356 e. The number of carbonyl (C=O) groups is 1. The van der Waals surface area contributed by atoms with Gasteiger partial charge in [0.2, 0.25) is 6.35 Å². The third-order valence-electron chi connectivity index (χ3n) is 3.91. The van der Waals surface area contributed by atoms with E-state index in [2.05, 4.69) is 15.0 Å². The van der Waals surface area contributed by atoms with Crippen LogP contribution in [0.1, 0.15) is 33.1 Å². The van der Waals surface area contributed by atoms with Crippen LogP contribution in [-0.2, 0) is 19.1 Å². The number of likely N-dealkylation sites (tertiary alicyclic amines) is 1. The van der Waals surface area contributed by atoms with Crippen molar-refractivity contribution in [3.05, 3.63) is 0 Å². The fourth-order valence-corrected chi connectivity index (χ4v) is 2.70. The predicted octanol–water partition coefficient (Wildman–Crippen LogP) is 1.04. The Labute approximate surface area is 132 Å². The Kier molecular flexibility index (Phi) is 7.08. The standard InChI is InChI=1S/C15H27N3O4/c1-3-13(14(19)21-4-2)16-22-15(17-7-5-6-8-17)18-9-11-20-12-10-18/h15H,3-12H2,1-2H3. The molecular formula is C15H27N3O4. The molecule has 2 aliphatic rings. The quantitative estimate of drug-likeness (QED) is 0.398. The Hall–Kier alpha value is -1.18. The van der Waals surface area contributed by atoms with Crippen molar-refractivity contribution in [3.8, 4) is 0 Å². The van der Waals surface area contributed by atoms with E-state index in [1.165, 1.54) is 12.8 Å². The van der Waals surface area contributed by atoms with Crippen molar-refractivity contribution in [2.75, 3.05) is 46.0 Å². The van der Waals surface area contributed by atoms with Crippen LogP contribution < -0.4 is 0 Å². The second-order valence-electron chi connectivity index (χ2n) is 5.44. The Balaban J connectivity index is 2.02. The molecule has 7 heteroatoms. The molecule has 2 rings (SSSR count). The van der Waals surface area contributed by atoms with E-state index in [9.17, 15) is 4.79 Å². The van der Waals surface area contributed by atoms with Gasteiger partial charge >= 0.3 is 5.97 Å². The van der Waals surface area contributed by atoms with E-state index < -0.39 is 5.97 Å². The van der Waals surface area contributed by atoms with Crippen LogP contribution in [0.15, 0.2) is 5.16 Å². The van der Waals surface area contributed by atoms with Crippen molar-refractivity contribution in [3.63, 3.8) is 0 Å². The molecule has 0 N–H and O–H groups in total. The summed E-state index contributed by atoms with van der Waals surface area (Å²) in [6.45, 7) is 9.04. The first-order valence-corrected chi connectivity index (χ1v) is 8.22. The maximum Gasteiger partial charge on any atom is 0.356 e. The van der Waals surface area contributed by atoms with Gasteiger partial charge in [0, 0.05) is 26.2 Å². The monoisotopic (exact) mass is 313 g/mol. The Morgan fingerprint density at radius 1 is 1.14 bits per heavy atom. The van der Waals surface area contributed by atoms with Gasteiger partial charge in [0.05, 0.1) is 19.8 Å². The molecule has 126 valence electrons. The van der Waals surface area contributed by atoms with Crippen molar-refractivity contribution in [2.24, 2.45) is 5.16 Å². The zero-order chi connectivity index (χ0) is 15.8. The summed E-state index contributed by atoms with van der Waals surface area (Å²) in [5, 5.41) is 4.10. The molecule has 2 fully saturated rings. The summed E-state index contributed by atoms with van der Waals surface area (Å²) in [7, 11) is 0. The van der Waals surface area contributed by atoms with Gasteiger partial charge in [0.25, 0.3) is 0 Å². The van der Waals surface area contributed by atoms with Gasteiger partial charge in [-0.3, -0.25) is 4.90 Å². The summed E-state index contributed by atoms with van der Waals surface area (Å²) >= 11 is 0.